The molecule has 1 N–H and O–H groups in total. The molecule has 2 unspecified atom stereocenters. The van der Waals surface area contributed by atoms with Gasteiger partial charge in [0.2, 0.25) is 0 Å². The smallest absolute Gasteiger partial charge is 0.193 e. The van der Waals surface area contributed by atoms with E-state index in [-0.39, 0.29) is 5.43 Å². The number of hydrogen-bond donors (Lipinski definition) is 1. The van der Waals surface area contributed by atoms with Crippen LogP contribution in [0.15, 0.2) is 65.5 Å². The van der Waals surface area contributed by atoms with Crippen LogP contribution < -0.4 is 15.5 Å². The highest BCUT2D eigenvalue weighted by molar-refractivity contribution is 5.85. The molecule has 0 amide bonds. The fourth-order valence-electron chi connectivity index (χ4n) is 3.78. The number of pyridine rings is 2. The van der Waals surface area contributed by atoms with Gasteiger partial charge in [-0.05, 0) is 55.5 Å². The van der Waals surface area contributed by atoms with Gasteiger partial charge in [0.15, 0.2) is 5.43 Å². The molecule has 0 aliphatic heterocycles. The van der Waals surface area contributed by atoms with Crippen molar-refractivity contribution in [3.8, 4) is 5.75 Å². The number of aryl methyl sites for hydroxylation is 1. The molecule has 2 aromatic heterocycles. The van der Waals surface area contributed by atoms with Gasteiger partial charge in [0.1, 0.15) is 17.2 Å². The van der Waals surface area contributed by atoms with Crippen LogP contribution in [0, 0.1) is 18.8 Å². The molecular formula is C23H21N3O2. The van der Waals surface area contributed by atoms with Crippen molar-refractivity contribution in [2.24, 2.45) is 11.8 Å². The van der Waals surface area contributed by atoms with Crippen molar-refractivity contribution in [3.63, 3.8) is 0 Å². The van der Waals surface area contributed by atoms with Gasteiger partial charge in [-0.25, -0.2) is 4.98 Å². The SMILES string of the molecule is COc1cccc(Nc2cc(=O)c3ccc(C)nc3n2C2=CC3CC3C=C2)c1. The highest BCUT2D eigenvalue weighted by atomic mass is 16.5. The number of nitrogens with zero attached hydrogens (tertiary/aromatic N) is 2. The second-order valence-electron chi connectivity index (χ2n) is 7.42. The molecule has 5 heteroatoms. The quantitative estimate of drug-likeness (QED) is 0.733. The van der Waals surface area contributed by atoms with Crippen molar-refractivity contribution in [2.45, 2.75) is 13.3 Å². The van der Waals surface area contributed by atoms with E-state index in [0.29, 0.717) is 28.7 Å². The number of ether oxygens (including phenoxy) is 1. The lowest BCUT2D eigenvalue weighted by Crippen LogP contribution is -2.15. The van der Waals surface area contributed by atoms with Crippen molar-refractivity contribution >= 4 is 28.2 Å². The lowest BCUT2D eigenvalue weighted by Gasteiger charge is -2.20. The average Bonchev–Trinajstić information content (AvgIpc) is 3.47. The standard InChI is InChI=1S/C23H21N3O2/c1-14-6-9-20-21(27)13-22(25-17-4-3-5-19(12-17)28-2)26(23(20)24-14)18-8-7-15-10-16(15)11-18/h3-9,11-13,15-16,25H,10H2,1-2H3. The first-order chi connectivity index (χ1) is 13.6. The van der Waals surface area contributed by atoms with Crippen LogP contribution in [0.5, 0.6) is 5.75 Å². The minimum Gasteiger partial charge on any atom is -0.497 e. The maximum atomic E-state index is 12.8. The molecule has 2 heterocycles. The lowest BCUT2D eigenvalue weighted by molar-refractivity contribution is 0.415. The third-order valence-electron chi connectivity index (χ3n) is 5.39. The zero-order valence-electron chi connectivity index (χ0n) is 15.8. The van der Waals surface area contributed by atoms with Gasteiger partial charge >= 0.3 is 0 Å². The van der Waals surface area contributed by atoms with Gasteiger partial charge in [0.05, 0.1) is 12.5 Å². The monoisotopic (exact) mass is 371 g/mol. The van der Waals surface area contributed by atoms with Crippen LogP contribution >= 0.6 is 0 Å². The summed E-state index contributed by atoms with van der Waals surface area (Å²) in [5, 5.41) is 4.01. The Balaban J connectivity index is 1.72. The number of hydrogen-bond acceptors (Lipinski definition) is 4. The Kier molecular flexibility index (Phi) is 3.83. The Morgan fingerprint density at radius 3 is 2.89 bits per heavy atom. The summed E-state index contributed by atoms with van der Waals surface area (Å²) in [6, 6.07) is 13.1. The molecule has 0 saturated heterocycles. The molecule has 5 rings (SSSR count). The summed E-state index contributed by atoms with van der Waals surface area (Å²) in [6.45, 7) is 1.94. The van der Waals surface area contributed by atoms with Gasteiger partial charge in [-0.2, -0.15) is 0 Å². The third-order valence-corrected chi connectivity index (χ3v) is 5.39. The summed E-state index contributed by atoms with van der Waals surface area (Å²) in [7, 11) is 1.64. The van der Waals surface area contributed by atoms with Gasteiger partial charge in [-0.1, -0.05) is 18.2 Å². The summed E-state index contributed by atoms with van der Waals surface area (Å²) in [6.07, 6.45) is 7.88. The largest absolute Gasteiger partial charge is 0.497 e. The Morgan fingerprint density at radius 2 is 2.07 bits per heavy atom. The summed E-state index contributed by atoms with van der Waals surface area (Å²) in [4.78, 5) is 17.5. The van der Waals surface area contributed by atoms with Crippen molar-refractivity contribution in [2.75, 3.05) is 12.4 Å². The first-order valence-electron chi connectivity index (χ1n) is 9.47. The van der Waals surface area contributed by atoms with Gasteiger partial charge in [0, 0.05) is 29.2 Å². The van der Waals surface area contributed by atoms with E-state index in [1.807, 2.05) is 47.9 Å². The van der Waals surface area contributed by atoms with E-state index >= 15 is 0 Å². The second-order valence-corrected chi connectivity index (χ2v) is 7.42. The fraction of sp³-hybridized carbons (Fsp3) is 0.217. The number of fused-ring (bicyclic) bond motifs is 2. The van der Waals surface area contributed by atoms with E-state index in [4.69, 9.17) is 9.72 Å². The molecule has 140 valence electrons. The van der Waals surface area contributed by atoms with Crippen molar-refractivity contribution in [3.05, 3.63) is 76.6 Å². The number of nitrogens with one attached hydrogen (secondary N) is 1. The molecule has 2 aliphatic rings. The van der Waals surface area contributed by atoms with E-state index in [0.717, 1.165) is 22.8 Å². The topological polar surface area (TPSA) is 56.1 Å². The molecule has 0 spiro atoms. The molecule has 5 nitrogen and oxygen atoms in total. The number of rotatable bonds is 4. The zero-order valence-corrected chi connectivity index (χ0v) is 15.8. The van der Waals surface area contributed by atoms with Gasteiger partial charge in [-0.15, -0.1) is 0 Å². The van der Waals surface area contributed by atoms with Crippen LogP contribution in [0.1, 0.15) is 12.1 Å². The highest BCUT2D eigenvalue weighted by Gasteiger charge is 2.35. The molecule has 0 bridgehead atoms. The first kappa shape index (κ1) is 16.8. The van der Waals surface area contributed by atoms with Crippen molar-refractivity contribution in [1.29, 1.82) is 0 Å². The Hall–Kier alpha value is -3.34. The molecule has 3 aromatic rings. The maximum absolute atomic E-state index is 12.8. The molecule has 2 aliphatic carbocycles. The van der Waals surface area contributed by atoms with Gasteiger partial charge < -0.3 is 10.1 Å². The minimum absolute atomic E-state index is 0.0474. The van der Waals surface area contributed by atoms with Crippen LogP contribution in [0.2, 0.25) is 0 Å². The molecule has 2 atom stereocenters. The third kappa shape index (κ3) is 2.89. The van der Waals surface area contributed by atoms with E-state index in [2.05, 4.69) is 23.5 Å². The Morgan fingerprint density at radius 1 is 1.18 bits per heavy atom. The number of aromatic nitrogens is 2. The normalized spacial score (nSPS) is 19.9. The molecular weight excluding hydrogens is 350 g/mol. The number of anilines is 2. The second kappa shape index (κ2) is 6.37. The van der Waals surface area contributed by atoms with Crippen molar-refractivity contribution < 1.29 is 4.74 Å². The lowest BCUT2D eigenvalue weighted by atomic mass is 10.1. The predicted octanol–water partition coefficient (Wildman–Crippen LogP) is 4.50. The van der Waals surface area contributed by atoms with Crippen LogP contribution in [0.3, 0.4) is 0 Å². The number of methoxy groups -OCH3 is 1. The van der Waals surface area contributed by atoms with E-state index in [1.165, 1.54) is 6.42 Å². The maximum Gasteiger partial charge on any atom is 0.193 e. The first-order valence-corrected chi connectivity index (χ1v) is 9.47. The summed E-state index contributed by atoms with van der Waals surface area (Å²) in [5.41, 5.74) is 3.40. The Bertz CT molecular complexity index is 1210. The van der Waals surface area contributed by atoms with Crippen LogP contribution in [-0.2, 0) is 0 Å². The minimum atomic E-state index is -0.0474. The molecule has 1 saturated carbocycles. The average molecular weight is 371 g/mol. The summed E-state index contributed by atoms with van der Waals surface area (Å²) >= 11 is 0. The van der Waals surface area contributed by atoms with Crippen LogP contribution in [0.4, 0.5) is 11.5 Å². The van der Waals surface area contributed by atoms with Crippen molar-refractivity contribution in [1.82, 2.24) is 9.55 Å². The fourth-order valence-corrected chi connectivity index (χ4v) is 3.78. The van der Waals surface area contributed by atoms with Crippen LogP contribution in [0.25, 0.3) is 16.7 Å². The highest BCUT2D eigenvalue weighted by Crippen LogP contribution is 2.45. The van der Waals surface area contributed by atoms with E-state index < -0.39 is 0 Å². The zero-order chi connectivity index (χ0) is 19.3. The predicted molar refractivity (Wildman–Crippen MR) is 112 cm³/mol. The Labute approximate surface area is 163 Å². The van der Waals surface area contributed by atoms with E-state index in [1.54, 1.807) is 13.2 Å². The van der Waals surface area contributed by atoms with Gasteiger partial charge in [0.25, 0.3) is 0 Å². The molecule has 28 heavy (non-hydrogen) atoms. The summed E-state index contributed by atoms with van der Waals surface area (Å²) in [5.74, 6) is 2.70. The molecule has 1 fully saturated rings. The summed E-state index contributed by atoms with van der Waals surface area (Å²) < 4.78 is 7.37. The number of benzene rings is 1. The van der Waals surface area contributed by atoms with Crippen LogP contribution in [-0.4, -0.2) is 16.7 Å². The number of allylic oxidation sites excluding steroid dienone is 4. The molecule has 1 aromatic carbocycles. The van der Waals surface area contributed by atoms with E-state index in [9.17, 15) is 4.79 Å². The van der Waals surface area contributed by atoms with Gasteiger partial charge in [-0.3, -0.25) is 9.36 Å². The molecule has 0 radical (unpaired) electrons.